The molecule has 0 saturated heterocycles. The maximum Gasteiger partial charge on any atom is 0.314 e. The molecule has 0 amide bonds. The summed E-state index contributed by atoms with van der Waals surface area (Å²) in [6.07, 6.45) is 1.53. The minimum Gasteiger partial charge on any atom is -0.495 e. The van der Waals surface area contributed by atoms with E-state index in [9.17, 15) is 10.1 Å². The number of methoxy groups -OCH3 is 1. The predicted octanol–water partition coefficient (Wildman–Crippen LogP) is 3.81. The highest BCUT2D eigenvalue weighted by atomic mass is 79.9. The molecule has 104 valence electrons. The quantitative estimate of drug-likeness (QED) is 0.677. The van der Waals surface area contributed by atoms with Gasteiger partial charge in [0.15, 0.2) is 0 Å². The van der Waals surface area contributed by atoms with Crippen LogP contribution >= 0.6 is 15.9 Å². The maximum absolute atomic E-state index is 11.1. The summed E-state index contributed by atoms with van der Waals surface area (Å²) in [5.41, 5.74) is 1.18. The number of pyridine rings is 1. The SMILES string of the molecule is COc1cc(Nc2nccc(C)c2[N+](=O)[O-])ccc1Br. The Morgan fingerprint density at radius 1 is 1.40 bits per heavy atom. The first kappa shape index (κ1) is 14.3. The van der Waals surface area contributed by atoms with E-state index < -0.39 is 4.92 Å². The van der Waals surface area contributed by atoms with Gasteiger partial charge in [0.25, 0.3) is 0 Å². The lowest BCUT2D eigenvalue weighted by atomic mass is 10.2. The number of benzene rings is 1. The average Bonchev–Trinajstić information content (AvgIpc) is 2.40. The van der Waals surface area contributed by atoms with E-state index in [-0.39, 0.29) is 11.5 Å². The molecule has 0 aliphatic rings. The van der Waals surface area contributed by atoms with E-state index in [2.05, 4.69) is 26.2 Å². The third-order valence-corrected chi connectivity index (χ3v) is 3.38. The van der Waals surface area contributed by atoms with Crippen molar-refractivity contribution in [3.8, 4) is 5.75 Å². The molecule has 7 heteroatoms. The fourth-order valence-corrected chi connectivity index (χ4v) is 2.16. The number of anilines is 2. The van der Waals surface area contributed by atoms with Crippen LogP contribution < -0.4 is 10.1 Å². The third-order valence-electron chi connectivity index (χ3n) is 2.72. The number of aromatic nitrogens is 1. The number of aryl methyl sites for hydroxylation is 1. The van der Waals surface area contributed by atoms with Crippen LogP contribution in [0.1, 0.15) is 5.56 Å². The van der Waals surface area contributed by atoms with Crippen LogP contribution in [-0.4, -0.2) is 17.0 Å². The van der Waals surface area contributed by atoms with Gasteiger partial charge in [-0.15, -0.1) is 0 Å². The molecule has 0 spiro atoms. The van der Waals surface area contributed by atoms with Crippen LogP contribution in [0.25, 0.3) is 0 Å². The molecule has 0 atom stereocenters. The molecule has 0 aliphatic heterocycles. The standard InChI is InChI=1S/C13H12BrN3O3/c1-8-5-6-15-13(12(8)17(18)19)16-9-3-4-10(14)11(7-9)20-2/h3-7H,1-2H3,(H,15,16). The van der Waals surface area contributed by atoms with Crippen molar-refractivity contribution in [2.24, 2.45) is 0 Å². The Morgan fingerprint density at radius 3 is 2.80 bits per heavy atom. The molecule has 0 aliphatic carbocycles. The maximum atomic E-state index is 11.1. The van der Waals surface area contributed by atoms with E-state index in [1.165, 1.54) is 6.20 Å². The first-order chi connectivity index (χ1) is 9.52. The number of rotatable bonds is 4. The van der Waals surface area contributed by atoms with Crippen LogP contribution in [0.5, 0.6) is 5.75 Å². The molecular weight excluding hydrogens is 326 g/mol. The van der Waals surface area contributed by atoms with Gasteiger partial charge in [-0.2, -0.15) is 0 Å². The van der Waals surface area contributed by atoms with Crippen LogP contribution in [0.15, 0.2) is 34.9 Å². The summed E-state index contributed by atoms with van der Waals surface area (Å²) < 4.78 is 5.99. The van der Waals surface area contributed by atoms with E-state index in [0.29, 0.717) is 17.0 Å². The van der Waals surface area contributed by atoms with Crippen molar-refractivity contribution in [1.82, 2.24) is 4.98 Å². The van der Waals surface area contributed by atoms with E-state index in [1.807, 2.05) is 0 Å². The van der Waals surface area contributed by atoms with Gasteiger partial charge in [0, 0.05) is 23.5 Å². The van der Waals surface area contributed by atoms with Gasteiger partial charge in [-0.1, -0.05) is 0 Å². The van der Waals surface area contributed by atoms with E-state index in [1.54, 1.807) is 38.3 Å². The van der Waals surface area contributed by atoms with Gasteiger partial charge in [0.05, 0.1) is 16.5 Å². The Bertz CT molecular complexity index is 661. The molecule has 0 bridgehead atoms. The van der Waals surface area contributed by atoms with Crippen molar-refractivity contribution in [2.75, 3.05) is 12.4 Å². The molecule has 1 aromatic carbocycles. The smallest absolute Gasteiger partial charge is 0.314 e. The fourth-order valence-electron chi connectivity index (χ4n) is 1.75. The molecule has 2 rings (SSSR count). The zero-order valence-corrected chi connectivity index (χ0v) is 12.5. The lowest BCUT2D eigenvalue weighted by Crippen LogP contribution is -2.01. The average molecular weight is 338 g/mol. The summed E-state index contributed by atoms with van der Waals surface area (Å²) in [6.45, 7) is 1.67. The minimum atomic E-state index is -0.444. The molecule has 1 aromatic heterocycles. The van der Waals surface area contributed by atoms with Crippen molar-refractivity contribution < 1.29 is 9.66 Å². The van der Waals surface area contributed by atoms with Crippen LogP contribution in [0.3, 0.4) is 0 Å². The predicted molar refractivity (Wildman–Crippen MR) is 79.6 cm³/mol. The fraction of sp³-hybridized carbons (Fsp3) is 0.154. The molecule has 0 fully saturated rings. The lowest BCUT2D eigenvalue weighted by Gasteiger charge is -2.09. The van der Waals surface area contributed by atoms with Gasteiger partial charge < -0.3 is 10.1 Å². The van der Waals surface area contributed by atoms with Gasteiger partial charge >= 0.3 is 5.69 Å². The Balaban J connectivity index is 2.40. The zero-order chi connectivity index (χ0) is 14.7. The third kappa shape index (κ3) is 2.88. The second-order valence-electron chi connectivity index (χ2n) is 4.06. The molecular formula is C13H12BrN3O3. The number of nitrogens with one attached hydrogen (secondary N) is 1. The first-order valence-corrected chi connectivity index (χ1v) is 6.52. The first-order valence-electron chi connectivity index (χ1n) is 5.73. The van der Waals surface area contributed by atoms with Crippen LogP contribution in [0.4, 0.5) is 17.2 Å². The highest BCUT2D eigenvalue weighted by Crippen LogP contribution is 2.32. The molecule has 2 aromatic rings. The van der Waals surface area contributed by atoms with Crippen molar-refractivity contribution >= 4 is 33.1 Å². The summed E-state index contributed by atoms with van der Waals surface area (Å²) in [6, 6.07) is 6.91. The number of hydrogen-bond donors (Lipinski definition) is 1. The van der Waals surface area contributed by atoms with Crippen LogP contribution in [-0.2, 0) is 0 Å². The van der Waals surface area contributed by atoms with Gasteiger partial charge in [0.2, 0.25) is 5.82 Å². The molecule has 20 heavy (non-hydrogen) atoms. The van der Waals surface area contributed by atoms with Crippen molar-refractivity contribution in [3.63, 3.8) is 0 Å². The Kier molecular flexibility index (Phi) is 4.19. The second kappa shape index (κ2) is 5.87. The molecule has 1 heterocycles. The molecule has 6 nitrogen and oxygen atoms in total. The van der Waals surface area contributed by atoms with E-state index in [0.717, 1.165) is 4.47 Å². The molecule has 1 N–H and O–H groups in total. The van der Waals surface area contributed by atoms with Gasteiger partial charge in [0.1, 0.15) is 5.75 Å². The Hall–Kier alpha value is -2.15. The van der Waals surface area contributed by atoms with Crippen molar-refractivity contribution in [1.29, 1.82) is 0 Å². The summed E-state index contributed by atoms with van der Waals surface area (Å²) >= 11 is 3.35. The molecule has 0 radical (unpaired) electrons. The summed E-state index contributed by atoms with van der Waals surface area (Å²) in [5.74, 6) is 0.838. The summed E-state index contributed by atoms with van der Waals surface area (Å²) in [5, 5.41) is 14.0. The summed E-state index contributed by atoms with van der Waals surface area (Å²) in [7, 11) is 1.55. The topological polar surface area (TPSA) is 77.3 Å². The van der Waals surface area contributed by atoms with Crippen molar-refractivity contribution in [2.45, 2.75) is 6.92 Å². The largest absolute Gasteiger partial charge is 0.495 e. The van der Waals surface area contributed by atoms with Gasteiger partial charge in [-0.25, -0.2) is 4.98 Å². The zero-order valence-electron chi connectivity index (χ0n) is 10.9. The highest BCUT2D eigenvalue weighted by molar-refractivity contribution is 9.10. The summed E-state index contributed by atoms with van der Waals surface area (Å²) in [4.78, 5) is 14.7. The lowest BCUT2D eigenvalue weighted by molar-refractivity contribution is -0.384. The van der Waals surface area contributed by atoms with Crippen LogP contribution in [0, 0.1) is 17.0 Å². The second-order valence-corrected chi connectivity index (χ2v) is 4.91. The molecule has 0 saturated carbocycles. The van der Waals surface area contributed by atoms with Crippen molar-refractivity contribution in [3.05, 3.63) is 50.6 Å². The van der Waals surface area contributed by atoms with Crippen LogP contribution in [0.2, 0.25) is 0 Å². The Labute approximate surface area is 124 Å². The normalized spacial score (nSPS) is 10.2. The minimum absolute atomic E-state index is 0.0330. The number of ether oxygens (including phenoxy) is 1. The van der Waals surface area contributed by atoms with Gasteiger partial charge in [-0.3, -0.25) is 10.1 Å². The Morgan fingerprint density at radius 2 is 2.15 bits per heavy atom. The van der Waals surface area contributed by atoms with Gasteiger partial charge in [-0.05, 0) is 41.1 Å². The molecule has 0 unspecified atom stereocenters. The highest BCUT2D eigenvalue weighted by Gasteiger charge is 2.18. The number of nitro groups is 1. The van der Waals surface area contributed by atoms with E-state index >= 15 is 0 Å². The monoisotopic (exact) mass is 337 g/mol. The number of halogens is 1. The number of hydrogen-bond acceptors (Lipinski definition) is 5. The van der Waals surface area contributed by atoms with E-state index in [4.69, 9.17) is 4.74 Å². The number of nitrogens with zero attached hydrogens (tertiary/aromatic N) is 2.